The maximum atomic E-state index is 12.4. The average Bonchev–Trinajstić information content (AvgIpc) is 3.15. The lowest BCUT2D eigenvalue weighted by Gasteiger charge is -2.30. The van der Waals surface area contributed by atoms with E-state index in [-0.39, 0.29) is 27.7 Å². The number of pyridine rings is 1. The first kappa shape index (κ1) is 11.9. The Hall–Kier alpha value is -2.00. The number of aromatic nitrogens is 3. The lowest BCUT2D eigenvalue weighted by Crippen LogP contribution is -2.42. The van der Waals surface area contributed by atoms with Gasteiger partial charge in [-0.1, -0.05) is 19.8 Å². The highest BCUT2D eigenvalue weighted by Crippen LogP contribution is 2.40. The molecule has 2 aromatic rings. The zero-order valence-corrected chi connectivity index (χ0v) is 16.1. The first-order chi connectivity index (χ1) is 16.4. The summed E-state index contributed by atoms with van der Waals surface area (Å²) < 4.78 is 89.4. The molecule has 0 amide bonds. The zero-order valence-electron chi connectivity index (χ0n) is 23.3. The van der Waals surface area contributed by atoms with Gasteiger partial charge in [-0.3, -0.25) is 4.79 Å². The molecule has 0 unspecified atom stereocenters. The SMILES string of the molecule is [2H]C1([2H])CN(S(=O)(=O)C([2H])([2H])[2H])CC([2H])([2H])C1([2H])Nc1nc([C@@H]2CCC[C@@H]2C)c2ccc(=O)[nH]c2n1. The van der Waals surface area contributed by atoms with Crippen molar-refractivity contribution in [3.05, 3.63) is 28.2 Å². The molecule has 2 aromatic heterocycles. The summed E-state index contributed by atoms with van der Waals surface area (Å²) >= 11 is 0. The van der Waals surface area contributed by atoms with Crippen LogP contribution in [0.4, 0.5) is 5.95 Å². The van der Waals surface area contributed by atoms with Crippen LogP contribution in [0.25, 0.3) is 11.0 Å². The third kappa shape index (κ3) is 3.91. The van der Waals surface area contributed by atoms with E-state index in [1.165, 1.54) is 6.07 Å². The van der Waals surface area contributed by atoms with Gasteiger partial charge in [0.2, 0.25) is 21.5 Å². The molecule has 2 aliphatic rings. The van der Waals surface area contributed by atoms with Crippen molar-refractivity contribution in [2.75, 3.05) is 24.6 Å². The Bertz CT molecular complexity index is 1330. The number of nitrogens with one attached hydrogen (secondary N) is 2. The highest BCUT2D eigenvalue weighted by atomic mass is 32.2. The molecule has 1 aliphatic carbocycles. The molecule has 3 heterocycles. The third-order valence-electron chi connectivity index (χ3n) is 5.27. The molecule has 2 atom stereocenters. The number of hydrogen-bond donors (Lipinski definition) is 2. The van der Waals surface area contributed by atoms with Gasteiger partial charge in [-0.25, -0.2) is 17.7 Å². The Morgan fingerprint density at radius 3 is 2.79 bits per heavy atom. The number of fused-ring (bicyclic) bond motifs is 1. The van der Waals surface area contributed by atoms with Crippen LogP contribution in [0.3, 0.4) is 0 Å². The van der Waals surface area contributed by atoms with E-state index in [2.05, 4.69) is 27.2 Å². The number of H-pyrrole nitrogens is 1. The summed E-state index contributed by atoms with van der Waals surface area (Å²) in [5.41, 5.74) is 0.282. The van der Waals surface area contributed by atoms with Gasteiger partial charge in [0.1, 0.15) is 5.65 Å². The summed E-state index contributed by atoms with van der Waals surface area (Å²) in [6.45, 7) is -0.0734. The molecule has 2 N–H and O–H groups in total. The largest absolute Gasteiger partial charge is 0.351 e. The number of rotatable bonds is 4. The summed E-state index contributed by atoms with van der Waals surface area (Å²) in [5.74, 6) is -0.0317. The number of aromatic amines is 1. The lowest BCUT2D eigenvalue weighted by molar-refractivity contribution is 0.331. The molecule has 28 heavy (non-hydrogen) atoms. The van der Waals surface area contributed by atoms with Crippen molar-refractivity contribution in [2.45, 2.75) is 50.9 Å². The van der Waals surface area contributed by atoms with E-state index in [9.17, 15) is 13.2 Å². The van der Waals surface area contributed by atoms with Crippen LogP contribution < -0.4 is 10.9 Å². The molecule has 0 radical (unpaired) electrons. The molecule has 0 aromatic carbocycles. The maximum Gasteiger partial charge on any atom is 0.249 e. The number of piperidine rings is 1. The number of sulfonamides is 1. The molecule has 1 saturated heterocycles. The van der Waals surface area contributed by atoms with Crippen LogP contribution >= 0.6 is 0 Å². The van der Waals surface area contributed by atoms with Crippen LogP contribution in [0.1, 0.15) is 61.5 Å². The molecule has 8 nitrogen and oxygen atoms in total. The molecule has 4 rings (SSSR count). The fourth-order valence-electron chi connectivity index (χ4n) is 3.78. The minimum Gasteiger partial charge on any atom is -0.351 e. The Balaban J connectivity index is 1.79. The van der Waals surface area contributed by atoms with Gasteiger partial charge >= 0.3 is 0 Å². The molecule has 2 fully saturated rings. The van der Waals surface area contributed by atoms with Gasteiger partial charge in [0, 0.05) is 46.1 Å². The molecular formula is C19H27N5O3S. The van der Waals surface area contributed by atoms with Crippen LogP contribution in [0, 0.1) is 5.92 Å². The van der Waals surface area contributed by atoms with Gasteiger partial charge in [-0.05, 0) is 31.2 Å². The van der Waals surface area contributed by atoms with Gasteiger partial charge in [-0.2, -0.15) is 4.98 Å². The van der Waals surface area contributed by atoms with Crippen molar-refractivity contribution < 1.29 is 19.4 Å². The van der Waals surface area contributed by atoms with Crippen LogP contribution in [0.15, 0.2) is 16.9 Å². The fraction of sp³-hybridized carbons (Fsp3) is 0.632. The van der Waals surface area contributed by atoms with Crippen molar-refractivity contribution >= 4 is 27.0 Å². The smallest absolute Gasteiger partial charge is 0.249 e. The number of anilines is 1. The summed E-state index contributed by atoms with van der Waals surface area (Å²) in [6.07, 6.45) is -6.59. The minimum absolute atomic E-state index is 0.00318. The maximum absolute atomic E-state index is 12.4. The summed E-state index contributed by atoms with van der Waals surface area (Å²) in [4.78, 5) is 23.3. The molecule has 152 valence electrons. The van der Waals surface area contributed by atoms with Gasteiger partial charge in [-0.15, -0.1) is 0 Å². The van der Waals surface area contributed by atoms with Gasteiger partial charge in [0.15, 0.2) is 0 Å². The van der Waals surface area contributed by atoms with Crippen molar-refractivity contribution in [3.8, 4) is 0 Å². The van der Waals surface area contributed by atoms with E-state index < -0.39 is 53.6 Å². The normalized spacial score (nSPS) is 34.0. The Kier molecular flexibility index (Phi) is 3.15. The highest BCUT2D eigenvalue weighted by Gasteiger charge is 2.29. The lowest BCUT2D eigenvalue weighted by atomic mass is 9.92. The van der Waals surface area contributed by atoms with Crippen molar-refractivity contribution in [2.24, 2.45) is 5.92 Å². The van der Waals surface area contributed by atoms with Gasteiger partial charge < -0.3 is 10.3 Å². The summed E-state index contributed by atoms with van der Waals surface area (Å²) in [7, 11) is -5.05. The van der Waals surface area contributed by atoms with Gasteiger partial charge in [0.05, 0.1) is 13.2 Å². The second-order valence-corrected chi connectivity index (χ2v) is 8.63. The molecule has 0 bridgehead atoms. The topological polar surface area (TPSA) is 108 Å². The van der Waals surface area contributed by atoms with Crippen LogP contribution in [0.5, 0.6) is 0 Å². The van der Waals surface area contributed by atoms with E-state index in [0.29, 0.717) is 11.1 Å². The third-order valence-corrected chi connectivity index (χ3v) is 6.21. The standard InChI is InChI=1S/C19H27N5O3S/c1-12-4-3-5-14(12)17-15-6-7-16(25)21-18(15)23-19(22-17)20-13-8-10-24(11-9-13)28(2,26)27/h6-7,12-14H,3-5,8-11H2,1-2H3,(H2,20,21,22,23,25)/t12-,14+/m0/s1/i2D3,8D2,9D2,13D. The highest BCUT2D eigenvalue weighted by molar-refractivity contribution is 7.88. The van der Waals surface area contributed by atoms with Crippen molar-refractivity contribution in [1.29, 1.82) is 0 Å². The molecule has 1 aliphatic heterocycles. The fourth-order valence-corrected chi connectivity index (χ4v) is 4.25. The van der Waals surface area contributed by atoms with Crippen molar-refractivity contribution in [3.63, 3.8) is 0 Å². The second-order valence-electron chi connectivity index (χ2n) is 7.16. The average molecular weight is 414 g/mol. The van der Waals surface area contributed by atoms with Crippen LogP contribution in [-0.2, 0) is 10.0 Å². The van der Waals surface area contributed by atoms with Crippen molar-refractivity contribution in [1.82, 2.24) is 19.3 Å². The van der Waals surface area contributed by atoms with E-state index in [1.54, 1.807) is 6.07 Å². The van der Waals surface area contributed by atoms with Gasteiger partial charge in [0.25, 0.3) is 0 Å². The monoisotopic (exact) mass is 413 g/mol. The number of hydrogen-bond acceptors (Lipinski definition) is 6. The summed E-state index contributed by atoms with van der Waals surface area (Å²) in [6, 6.07) is 0.125. The summed E-state index contributed by atoms with van der Waals surface area (Å²) in [5, 5.41) is 3.03. The first-order valence-electron chi connectivity index (χ1n) is 13.1. The Morgan fingerprint density at radius 1 is 1.32 bits per heavy atom. The van der Waals surface area contributed by atoms with E-state index >= 15 is 0 Å². The zero-order chi connectivity index (χ0) is 26.9. The molecular weight excluding hydrogens is 378 g/mol. The quantitative estimate of drug-likeness (QED) is 0.794. The molecule has 9 heteroatoms. The van der Waals surface area contributed by atoms with E-state index in [4.69, 9.17) is 11.0 Å². The predicted molar refractivity (Wildman–Crippen MR) is 109 cm³/mol. The molecule has 0 spiro atoms. The number of nitrogens with zero attached hydrogens (tertiary/aromatic N) is 3. The minimum atomic E-state index is -5.05. The Morgan fingerprint density at radius 2 is 2.11 bits per heavy atom. The molecule has 1 saturated carbocycles. The second kappa shape index (κ2) is 7.44. The Labute approximate surface area is 176 Å². The first-order valence-corrected chi connectivity index (χ1v) is 10.5. The van der Waals surface area contributed by atoms with E-state index in [0.717, 1.165) is 19.3 Å². The van der Waals surface area contributed by atoms with Crippen LogP contribution in [0.2, 0.25) is 0 Å². The predicted octanol–water partition coefficient (Wildman–Crippen LogP) is 2.06. The van der Waals surface area contributed by atoms with Crippen LogP contribution in [-0.4, -0.2) is 53.0 Å². The van der Waals surface area contributed by atoms with E-state index in [1.807, 2.05) is 0 Å².